The maximum atomic E-state index is 14.5. The van der Waals surface area contributed by atoms with Crippen LogP contribution in [-0.4, -0.2) is 81.1 Å². The summed E-state index contributed by atoms with van der Waals surface area (Å²) >= 11 is 1.59. The first-order valence-corrected chi connectivity index (χ1v) is 25.0. The fourth-order valence-electron chi connectivity index (χ4n) is 9.26. The Kier molecular flexibility index (Phi) is 18.3. The first-order chi connectivity index (χ1) is 32.5. The normalized spacial score (nSPS) is 25.5. The average molecular weight is 957 g/mol. The van der Waals surface area contributed by atoms with Crippen molar-refractivity contribution in [2.75, 3.05) is 6.54 Å². The Morgan fingerprint density at radius 2 is 1.63 bits per heavy atom. The maximum Gasteiger partial charge on any atom is 0.508 e. The van der Waals surface area contributed by atoms with E-state index in [0.29, 0.717) is 56.4 Å². The number of hydrogen-bond acceptors (Lipinski definition) is 14. The molecule has 0 bridgehead atoms. The summed E-state index contributed by atoms with van der Waals surface area (Å²) in [5.74, 6) is -2.67. The first kappa shape index (κ1) is 52.1. The molecule has 6 rings (SSSR count). The molecule has 2 amide bonds. The zero-order valence-corrected chi connectivity index (χ0v) is 41.0. The number of esters is 2. The van der Waals surface area contributed by atoms with Gasteiger partial charge in [-0.3, -0.25) is 28.9 Å². The number of benzene rings is 2. The zero-order chi connectivity index (χ0) is 49.0. The highest BCUT2D eigenvalue weighted by atomic mass is 32.1. The number of rotatable bonds is 18. The molecule has 0 aliphatic carbocycles. The summed E-state index contributed by atoms with van der Waals surface area (Å²) in [7, 11) is 0. The molecule has 3 aromatic rings. The van der Waals surface area contributed by atoms with Gasteiger partial charge in [0.05, 0.1) is 50.8 Å². The topological polar surface area (TPSA) is 188 Å². The van der Waals surface area contributed by atoms with E-state index in [1.807, 2.05) is 39.0 Å². The predicted molar refractivity (Wildman–Crippen MR) is 256 cm³/mol. The summed E-state index contributed by atoms with van der Waals surface area (Å²) < 4.78 is 30.5. The third-order valence-electron chi connectivity index (χ3n) is 13.7. The standard InChI is InChI=1S/C53H68N2O12S/c1-7-17-39-49(66-51(62)63-33-36-20-23-38(24-21-36)64-47(59)19-14-12-10-8-9-11-13-15-29-55-45(57)26-27-46(55)58)34(2)18-16-28-53(6)44(67-53)31-41(37-22-25-42-40(30-37)54-35(3)68-42)65-48(60)32-43(56)52(4,5)50(39)61/h7,20-27,30,34,39,41,43-44,49,56H,1,8-19,28-29,31-33H2,2-6H3/t34-,39+,41-,43-,44-,49-,53+/m0/s1. The van der Waals surface area contributed by atoms with E-state index in [0.717, 1.165) is 65.7 Å². The minimum absolute atomic E-state index is 0.134. The van der Waals surface area contributed by atoms with E-state index in [9.17, 15) is 33.9 Å². The van der Waals surface area contributed by atoms with Crippen molar-refractivity contribution in [3.05, 3.63) is 83.4 Å². The number of ketones is 1. The van der Waals surface area contributed by atoms with Crippen molar-refractivity contribution in [1.29, 1.82) is 0 Å². The van der Waals surface area contributed by atoms with E-state index in [4.69, 9.17) is 23.7 Å². The number of fused-ring (bicyclic) bond motifs is 2. The molecule has 14 nitrogen and oxygen atoms in total. The molecule has 1 N–H and O–H groups in total. The van der Waals surface area contributed by atoms with Crippen molar-refractivity contribution in [1.82, 2.24) is 9.88 Å². The van der Waals surface area contributed by atoms with Crippen LogP contribution in [0.25, 0.3) is 10.2 Å². The van der Waals surface area contributed by atoms with Gasteiger partial charge in [-0.25, -0.2) is 9.78 Å². The Labute approximate surface area is 403 Å². The van der Waals surface area contributed by atoms with Crippen molar-refractivity contribution in [2.45, 2.75) is 168 Å². The quantitative estimate of drug-likeness (QED) is 0.0317. The van der Waals surface area contributed by atoms with Gasteiger partial charge in [0.2, 0.25) is 0 Å². The van der Waals surface area contributed by atoms with Crippen LogP contribution < -0.4 is 4.74 Å². The van der Waals surface area contributed by atoms with Crippen LogP contribution in [0.2, 0.25) is 0 Å². The van der Waals surface area contributed by atoms with Gasteiger partial charge in [0.1, 0.15) is 30.3 Å². The SMILES string of the molecule is C=CC[C@H]1C(=O)C(C)(C)[C@@H](O)CC(=O)O[C@H](c2ccc3sc(C)nc3c2)C[C@@H]2O[C@]2(C)CCC[C@H](C)[C@@H]1OC(=O)OCc1ccc(OC(=O)CCCCCCCCCCN2C(=O)C=CC2=O)cc1. The third-order valence-corrected chi connectivity index (χ3v) is 14.6. The zero-order valence-electron chi connectivity index (χ0n) is 40.2. The van der Waals surface area contributed by atoms with Gasteiger partial charge in [0, 0.05) is 31.5 Å². The molecule has 2 fully saturated rings. The maximum absolute atomic E-state index is 14.5. The number of amides is 2. The van der Waals surface area contributed by atoms with Crippen LogP contribution in [0.3, 0.4) is 0 Å². The average Bonchev–Trinajstić information content (AvgIpc) is 3.58. The highest BCUT2D eigenvalue weighted by molar-refractivity contribution is 7.18. The lowest BCUT2D eigenvalue weighted by Crippen LogP contribution is -2.47. The number of aryl methyl sites for hydroxylation is 1. The second-order valence-electron chi connectivity index (χ2n) is 19.4. The van der Waals surface area contributed by atoms with Crippen molar-refractivity contribution >= 4 is 57.2 Å². The molecule has 0 saturated carbocycles. The van der Waals surface area contributed by atoms with Gasteiger partial charge in [0.15, 0.2) is 0 Å². The summed E-state index contributed by atoms with van der Waals surface area (Å²) in [6, 6.07) is 12.5. The molecule has 7 atom stereocenters. The molecule has 0 spiro atoms. The number of unbranched alkanes of at least 4 members (excludes halogenated alkanes) is 7. The van der Waals surface area contributed by atoms with Gasteiger partial charge in [0.25, 0.3) is 11.8 Å². The molecule has 2 saturated heterocycles. The minimum atomic E-state index is -1.44. The number of aromatic nitrogens is 1. The Bertz CT molecular complexity index is 2290. The fraction of sp³-hybridized carbons (Fsp3) is 0.566. The number of cyclic esters (lactones) is 1. The lowest BCUT2D eigenvalue weighted by molar-refractivity contribution is -0.157. The number of carbonyl (C=O) groups is 6. The van der Waals surface area contributed by atoms with E-state index < -0.39 is 53.8 Å². The molecule has 68 heavy (non-hydrogen) atoms. The highest BCUT2D eigenvalue weighted by Crippen LogP contribution is 2.47. The fourth-order valence-corrected chi connectivity index (χ4v) is 10.1. The van der Waals surface area contributed by atoms with Crippen LogP contribution in [-0.2, 0) is 49.5 Å². The monoisotopic (exact) mass is 956 g/mol. The molecular formula is C53H68N2O12S. The number of hydrogen-bond donors (Lipinski definition) is 1. The number of thiazole rings is 1. The van der Waals surface area contributed by atoms with Crippen molar-refractivity contribution in [3.8, 4) is 5.75 Å². The summed E-state index contributed by atoms with van der Waals surface area (Å²) in [6.45, 7) is 13.3. The Balaban J connectivity index is 0.984. The number of imide groups is 1. The van der Waals surface area contributed by atoms with Crippen molar-refractivity contribution < 1.29 is 57.6 Å². The van der Waals surface area contributed by atoms with E-state index in [1.54, 1.807) is 55.5 Å². The van der Waals surface area contributed by atoms with Crippen LogP contribution in [0, 0.1) is 24.2 Å². The summed E-state index contributed by atoms with van der Waals surface area (Å²) in [4.78, 5) is 83.3. The van der Waals surface area contributed by atoms with E-state index in [-0.39, 0.29) is 48.6 Å². The number of aliphatic hydroxyl groups is 1. The van der Waals surface area contributed by atoms with Gasteiger partial charge in [-0.15, -0.1) is 17.9 Å². The molecule has 3 aliphatic rings. The van der Waals surface area contributed by atoms with E-state index >= 15 is 0 Å². The molecule has 15 heteroatoms. The summed E-state index contributed by atoms with van der Waals surface area (Å²) in [5.41, 5.74) is 0.333. The van der Waals surface area contributed by atoms with Gasteiger partial charge < -0.3 is 28.8 Å². The molecule has 4 heterocycles. The number of ether oxygens (including phenoxy) is 5. The van der Waals surface area contributed by atoms with Gasteiger partial charge in [-0.2, -0.15) is 0 Å². The van der Waals surface area contributed by atoms with E-state index in [1.165, 1.54) is 17.1 Å². The Hall–Kier alpha value is -5.25. The van der Waals surface area contributed by atoms with Crippen LogP contribution in [0.15, 0.2) is 67.3 Å². The molecule has 368 valence electrons. The van der Waals surface area contributed by atoms with Crippen LogP contribution in [0.1, 0.15) is 146 Å². The van der Waals surface area contributed by atoms with Crippen LogP contribution >= 0.6 is 11.3 Å². The predicted octanol–water partition coefficient (Wildman–Crippen LogP) is 10.2. The lowest BCUT2D eigenvalue weighted by atomic mass is 9.71. The Morgan fingerprint density at radius 3 is 2.32 bits per heavy atom. The molecule has 0 radical (unpaired) electrons. The summed E-state index contributed by atoms with van der Waals surface area (Å²) in [6.07, 6.45) is 10.0. The smallest absolute Gasteiger partial charge is 0.457 e. The number of allylic oxidation sites excluding steroid dienone is 1. The number of nitrogens with zero attached hydrogens (tertiary/aromatic N) is 2. The van der Waals surface area contributed by atoms with Gasteiger partial charge in [-0.05, 0) is 87.3 Å². The van der Waals surface area contributed by atoms with Crippen molar-refractivity contribution in [3.63, 3.8) is 0 Å². The molecule has 1 aromatic heterocycles. The minimum Gasteiger partial charge on any atom is -0.457 e. The number of Topliss-reactive ketones (excluding diaryl/α,β-unsaturated/α-hetero) is 1. The molecule has 2 aromatic carbocycles. The van der Waals surface area contributed by atoms with Gasteiger partial charge in [-0.1, -0.05) is 90.0 Å². The largest absolute Gasteiger partial charge is 0.508 e. The Morgan fingerprint density at radius 1 is 0.956 bits per heavy atom. The number of carbonyl (C=O) groups excluding carboxylic acids is 6. The second-order valence-corrected chi connectivity index (χ2v) is 20.6. The molecule has 3 aliphatic heterocycles. The van der Waals surface area contributed by atoms with Gasteiger partial charge >= 0.3 is 18.1 Å². The van der Waals surface area contributed by atoms with Crippen LogP contribution in [0.5, 0.6) is 5.75 Å². The lowest BCUT2D eigenvalue weighted by Gasteiger charge is -2.37. The number of epoxide rings is 1. The van der Waals surface area contributed by atoms with Crippen LogP contribution in [0.4, 0.5) is 4.79 Å². The number of aliphatic hydroxyl groups excluding tert-OH is 1. The highest BCUT2D eigenvalue weighted by Gasteiger charge is 2.53. The van der Waals surface area contributed by atoms with Crippen molar-refractivity contribution in [2.24, 2.45) is 17.3 Å². The first-order valence-electron chi connectivity index (χ1n) is 24.2. The van der Waals surface area contributed by atoms with E-state index in [2.05, 4.69) is 11.6 Å². The summed E-state index contributed by atoms with van der Waals surface area (Å²) in [5, 5.41) is 12.5. The molecular weight excluding hydrogens is 889 g/mol. The molecule has 0 unspecified atom stereocenters. The second kappa shape index (κ2) is 23.9. The third kappa shape index (κ3) is 14.2.